The number of amides is 2. The van der Waals surface area contributed by atoms with Gasteiger partial charge >= 0.3 is 0 Å². The van der Waals surface area contributed by atoms with Crippen molar-refractivity contribution in [2.45, 2.75) is 65.5 Å². The van der Waals surface area contributed by atoms with Crippen LogP contribution in [-0.4, -0.2) is 52.4 Å². The number of likely N-dealkylation sites (N-methyl/N-ethyl adjacent to an activating group) is 2. The fraction of sp³-hybridized carbons (Fsp3) is 0.522. The number of carbonyl (C=O) groups excluding carboxylic acids is 2. The summed E-state index contributed by atoms with van der Waals surface area (Å²) in [4.78, 5) is 30.6. The molecule has 0 spiro atoms. The van der Waals surface area contributed by atoms with Crippen molar-refractivity contribution in [3.63, 3.8) is 0 Å². The Bertz CT molecular complexity index is 906. The highest BCUT2D eigenvalue weighted by atomic mass is 32.1. The molecule has 0 aromatic heterocycles. The summed E-state index contributed by atoms with van der Waals surface area (Å²) in [5.41, 5.74) is 4.69. The molecule has 29 heavy (non-hydrogen) atoms. The molecule has 1 fully saturated rings. The fourth-order valence-electron chi connectivity index (χ4n) is 4.88. The summed E-state index contributed by atoms with van der Waals surface area (Å²) < 4.78 is 0. The van der Waals surface area contributed by atoms with Gasteiger partial charge in [0.25, 0.3) is 11.8 Å². The number of carbonyl (C=O) groups is 2. The van der Waals surface area contributed by atoms with Crippen LogP contribution in [0.15, 0.2) is 17.7 Å². The van der Waals surface area contributed by atoms with Crippen molar-refractivity contribution in [3.05, 3.63) is 34.4 Å². The second kappa shape index (κ2) is 7.24. The molecule has 2 aliphatic heterocycles. The zero-order valence-corrected chi connectivity index (χ0v) is 19.5. The summed E-state index contributed by atoms with van der Waals surface area (Å²) in [5.74, 6) is -0.315. The summed E-state index contributed by atoms with van der Waals surface area (Å²) in [6.07, 6.45) is 2.77. The molecule has 0 N–H and O–H groups in total. The fourth-order valence-corrected chi connectivity index (χ4v) is 5.04. The van der Waals surface area contributed by atoms with Gasteiger partial charge in [-0.3, -0.25) is 19.4 Å². The third-order valence-electron chi connectivity index (χ3n) is 6.12. The van der Waals surface area contributed by atoms with Crippen LogP contribution in [-0.2, 0) is 9.59 Å². The van der Waals surface area contributed by atoms with Crippen LogP contribution in [0.2, 0.25) is 0 Å². The topological polar surface area (TPSA) is 43.9 Å². The molecule has 1 saturated heterocycles. The Morgan fingerprint density at radius 3 is 2.21 bits per heavy atom. The molecule has 0 radical (unpaired) electrons. The van der Waals surface area contributed by atoms with E-state index in [9.17, 15) is 9.59 Å². The van der Waals surface area contributed by atoms with Gasteiger partial charge < -0.3 is 4.90 Å². The molecule has 0 bridgehead atoms. The van der Waals surface area contributed by atoms with Gasteiger partial charge in [0.15, 0.2) is 5.11 Å². The van der Waals surface area contributed by atoms with Crippen molar-refractivity contribution < 1.29 is 9.59 Å². The molecule has 1 aromatic rings. The van der Waals surface area contributed by atoms with Crippen LogP contribution < -0.4 is 4.90 Å². The molecule has 0 unspecified atom stereocenters. The zero-order valence-electron chi connectivity index (χ0n) is 18.7. The third kappa shape index (κ3) is 3.48. The smallest absolute Gasteiger partial charge is 0.265 e. The quantitative estimate of drug-likeness (QED) is 0.416. The second-order valence-corrected chi connectivity index (χ2v) is 9.58. The Kier molecular flexibility index (Phi) is 5.37. The van der Waals surface area contributed by atoms with E-state index in [1.54, 1.807) is 20.2 Å². The number of aryl methyl sites for hydroxylation is 1. The van der Waals surface area contributed by atoms with E-state index in [1.165, 1.54) is 21.1 Å². The molecule has 2 aliphatic rings. The van der Waals surface area contributed by atoms with Gasteiger partial charge in [0.05, 0.1) is 0 Å². The van der Waals surface area contributed by atoms with Crippen LogP contribution in [0.4, 0.5) is 5.69 Å². The zero-order chi connectivity index (χ0) is 21.8. The third-order valence-corrected chi connectivity index (χ3v) is 6.67. The average molecular weight is 414 g/mol. The van der Waals surface area contributed by atoms with E-state index in [1.807, 2.05) is 6.92 Å². The summed E-state index contributed by atoms with van der Waals surface area (Å²) in [6.45, 7) is 13.3. The number of nitrogens with zero attached hydrogens (tertiary/aromatic N) is 3. The van der Waals surface area contributed by atoms with E-state index in [0.717, 1.165) is 17.5 Å². The van der Waals surface area contributed by atoms with Crippen molar-refractivity contribution in [1.29, 1.82) is 0 Å². The van der Waals surface area contributed by atoms with E-state index >= 15 is 0 Å². The number of fused-ring (bicyclic) bond motifs is 1. The van der Waals surface area contributed by atoms with Crippen LogP contribution >= 0.6 is 12.2 Å². The molecule has 2 heterocycles. The highest BCUT2D eigenvalue weighted by Crippen LogP contribution is 2.45. The summed E-state index contributed by atoms with van der Waals surface area (Å²) >= 11 is 5.18. The number of benzene rings is 1. The van der Waals surface area contributed by atoms with Crippen molar-refractivity contribution in [2.75, 3.05) is 19.0 Å². The molecular weight excluding hydrogens is 382 g/mol. The molecular formula is C23H31N3O2S. The summed E-state index contributed by atoms with van der Waals surface area (Å²) in [6, 6.07) is 4.74. The first-order valence-corrected chi connectivity index (χ1v) is 10.5. The Morgan fingerprint density at radius 2 is 1.69 bits per heavy atom. The number of thiocarbonyl (C=S) groups is 1. The minimum absolute atomic E-state index is 0.0728. The maximum Gasteiger partial charge on any atom is 0.265 e. The standard InChI is InChI=1S/C23H31N3O2S/c1-13(2)26-19-9-14(3)16(10-17(19)15(4)12-23(26,5)6)11-18-20(27)24(7)22(29)25(8)21(18)28/h9-11,13,15H,12H2,1-8H3/t15-/m1/s1. The molecule has 0 aliphatic carbocycles. The Hall–Kier alpha value is -2.21. The van der Waals surface area contributed by atoms with Gasteiger partial charge in [-0.1, -0.05) is 6.92 Å². The Morgan fingerprint density at radius 1 is 1.14 bits per heavy atom. The molecule has 1 aromatic carbocycles. The van der Waals surface area contributed by atoms with Crippen LogP contribution in [0.25, 0.3) is 6.08 Å². The highest BCUT2D eigenvalue weighted by Gasteiger charge is 2.39. The van der Waals surface area contributed by atoms with Crippen LogP contribution in [0.5, 0.6) is 0 Å². The Labute approximate surface area is 179 Å². The highest BCUT2D eigenvalue weighted by molar-refractivity contribution is 7.80. The molecule has 2 amide bonds. The minimum Gasteiger partial charge on any atom is -0.364 e. The van der Waals surface area contributed by atoms with Crippen molar-refractivity contribution in [2.24, 2.45) is 0 Å². The lowest BCUT2D eigenvalue weighted by Crippen LogP contribution is -2.52. The molecule has 6 heteroatoms. The van der Waals surface area contributed by atoms with E-state index in [2.05, 4.69) is 51.7 Å². The number of anilines is 1. The number of hydrogen-bond acceptors (Lipinski definition) is 4. The first-order valence-electron chi connectivity index (χ1n) is 10.1. The monoisotopic (exact) mass is 413 g/mol. The van der Waals surface area contributed by atoms with Crippen LogP contribution in [0, 0.1) is 6.92 Å². The predicted octanol–water partition coefficient (Wildman–Crippen LogP) is 4.09. The maximum absolute atomic E-state index is 12.7. The summed E-state index contributed by atoms with van der Waals surface area (Å²) in [5, 5.41) is 0.225. The average Bonchev–Trinajstić information content (AvgIpc) is 2.61. The second-order valence-electron chi connectivity index (χ2n) is 9.22. The van der Waals surface area contributed by atoms with Gasteiger partial charge in [0.2, 0.25) is 0 Å². The lowest BCUT2D eigenvalue weighted by molar-refractivity contribution is -0.132. The van der Waals surface area contributed by atoms with E-state index in [4.69, 9.17) is 12.2 Å². The largest absolute Gasteiger partial charge is 0.364 e. The molecule has 5 nitrogen and oxygen atoms in total. The van der Waals surface area contributed by atoms with Gasteiger partial charge in [-0.15, -0.1) is 0 Å². The van der Waals surface area contributed by atoms with Gasteiger partial charge in [-0.05, 0) is 94.1 Å². The molecule has 0 saturated carbocycles. The molecule has 3 rings (SSSR count). The van der Waals surface area contributed by atoms with Crippen molar-refractivity contribution in [1.82, 2.24) is 9.80 Å². The van der Waals surface area contributed by atoms with Crippen LogP contribution in [0.3, 0.4) is 0 Å². The lowest BCUT2D eigenvalue weighted by Gasteiger charge is -2.50. The van der Waals surface area contributed by atoms with Gasteiger partial charge in [0, 0.05) is 31.4 Å². The van der Waals surface area contributed by atoms with Crippen LogP contribution in [0.1, 0.15) is 63.6 Å². The SMILES string of the molecule is Cc1cc2c(cc1C=C1C(=O)N(C)C(=S)N(C)C1=O)[C@H](C)CC(C)(C)N2C(C)C. The first-order chi connectivity index (χ1) is 13.4. The number of hydrogen-bond donors (Lipinski definition) is 0. The number of rotatable bonds is 2. The lowest BCUT2D eigenvalue weighted by atomic mass is 9.78. The summed E-state index contributed by atoms with van der Waals surface area (Å²) in [7, 11) is 3.21. The van der Waals surface area contributed by atoms with E-state index < -0.39 is 0 Å². The van der Waals surface area contributed by atoms with Gasteiger partial charge in [-0.25, -0.2) is 0 Å². The maximum atomic E-state index is 12.7. The minimum atomic E-state index is -0.354. The van der Waals surface area contributed by atoms with Gasteiger partial charge in [0.1, 0.15) is 5.57 Å². The van der Waals surface area contributed by atoms with E-state index in [-0.39, 0.29) is 28.0 Å². The van der Waals surface area contributed by atoms with Crippen molar-refractivity contribution in [3.8, 4) is 0 Å². The molecule has 1 atom stereocenters. The van der Waals surface area contributed by atoms with Crippen molar-refractivity contribution >= 4 is 40.9 Å². The normalized spacial score (nSPS) is 21.8. The Balaban J connectivity index is 2.13. The first kappa shape index (κ1) is 21.5. The van der Waals surface area contributed by atoms with Gasteiger partial charge in [-0.2, -0.15) is 0 Å². The predicted molar refractivity (Wildman–Crippen MR) is 122 cm³/mol. The van der Waals surface area contributed by atoms with E-state index in [0.29, 0.717) is 12.0 Å². The molecule has 156 valence electrons.